The summed E-state index contributed by atoms with van der Waals surface area (Å²) in [5.74, 6) is -0.677. The number of nitrogens with zero attached hydrogens (tertiary/aromatic N) is 2. The van der Waals surface area contributed by atoms with Gasteiger partial charge in [0.05, 0.1) is 17.1 Å². The number of aromatic nitrogens is 2. The number of aryl methyl sites for hydroxylation is 2. The lowest BCUT2D eigenvalue weighted by Gasteiger charge is -2.12. The highest BCUT2D eigenvalue weighted by Gasteiger charge is 2.11. The molecule has 0 aliphatic carbocycles. The predicted octanol–water partition coefficient (Wildman–Crippen LogP) is 1.03. The van der Waals surface area contributed by atoms with Crippen LogP contribution in [0.4, 0.5) is 10.5 Å². The Kier molecular flexibility index (Phi) is 4.74. The minimum Gasteiger partial charge on any atom is -0.368 e. The number of nitrogens with one attached hydrogen (secondary N) is 2. The van der Waals surface area contributed by atoms with Gasteiger partial charge in [0.2, 0.25) is 5.91 Å². The topological polar surface area (TPSA) is 111 Å². The van der Waals surface area contributed by atoms with Crippen LogP contribution in [0, 0.1) is 13.8 Å². The van der Waals surface area contributed by atoms with E-state index in [2.05, 4.69) is 20.7 Å². The first-order valence-electron chi connectivity index (χ1n) is 6.57. The number of para-hydroxylation sites is 2. The summed E-state index contributed by atoms with van der Waals surface area (Å²) in [5.41, 5.74) is 10.1. The van der Waals surface area contributed by atoms with Crippen LogP contribution >= 0.6 is 0 Å². The average Bonchev–Trinajstić information content (AvgIpc) is 2.77. The van der Waals surface area contributed by atoms with Gasteiger partial charge in [0, 0.05) is 5.69 Å². The molecule has 1 aromatic heterocycles. The molecule has 0 bridgehead atoms. The van der Waals surface area contributed by atoms with Crippen molar-refractivity contribution in [1.29, 1.82) is 0 Å². The maximum absolute atomic E-state index is 11.7. The van der Waals surface area contributed by atoms with E-state index in [4.69, 9.17) is 5.73 Å². The number of hydrogen-bond acceptors (Lipinski definition) is 4. The zero-order valence-electron chi connectivity index (χ0n) is 12.3. The van der Waals surface area contributed by atoms with Crippen LogP contribution in [0.25, 0.3) is 5.69 Å². The molecule has 3 amide bonds. The summed E-state index contributed by atoms with van der Waals surface area (Å²) in [4.78, 5) is 26.9. The fraction of sp³-hybridized carbons (Fsp3) is 0.214. The summed E-state index contributed by atoms with van der Waals surface area (Å²) in [6.45, 7) is 3.42. The molecule has 8 heteroatoms. The summed E-state index contributed by atoms with van der Waals surface area (Å²) >= 11 is 0. The summed E-state index contributed by atoms with van der Waals surface area (Å²) in [6, 6.07) is 8.52. The Bertz CT molecular complexity index is 696. The van der Waals surface area contributed by atoms with Gasteiger partial charge in [-0.3, -0.25) is 9.63 Å². The maximum Gasteiger partial charge on any atom is 0.343 e. The van der Waals surface area contributed by atoms with Gasteiger partial charge in [0.15, 0.2) is 6.61 Å². The van der Waals surface area contributed by atoms with Crippen molar-refractivity contribution in [3.8, 4) is 5.69 Å². The van der Waals surface area contributed by atoms with Crippen molar-refractivity contribution < 1.29 is 14.4 Å². The minimum absolute atomic E-state index is 0.396. The Morgan fingerprint density at radius 3 is 2.68 bits per heavy atom. The highest BCUT2D eigenvalue weighted by atomic mass is 16.7. The normalized spacial score (nSPS) is 10.3. The van der Waals surface area contributed by atoms with Crippen molar-refractivity contribution in [1.82, 2.24) is 15.3 Å². The summed E-state index contributed by atoms with van der Waals surface area (Å²) < 4.78 is 1.73. The molecule has 2 aromatic rings. The number of carbonyl (C=O) groups excluding carboxylic acids is 2. The van der Waals surface area contributed by atoms with E-state index in [1.165, 1.54) is 0 Å². The number of anilines is 1. The molecule has 0 saturated carbocycles. The van der Waals surface area contributed by atoms with Gasteiger partial charge < -0.3 is 11.1 Å². The Labute approximate surface area is 127 Å². The van der Waals surface area contributed by atoms with E-state index < -0.39 is 18.5 Å². The molecule has 0 unspecified atom stereocenters. The molecule has 0 spiro atoms. The van der Waals surface area contributed by atoms with E-state index in [0.717, 1.165) is 17.1 Å². The van der Waals surface area contributed by atoms with Gasteiger partial charge in [-0.2, -0.15) is 5.10 Å². The molecule has 22 heavy (non-hydrogen) atoms. The van der Waals surface area contributed by atoms with Crippen LogP contribution in [0.1, 0.15) is 11.4 Å². The first-order valence-corrected chi connectivity index (χ1v) is 6.57. The summed E-state index contributed by atoms with van der Waals surface area (Å²) in [5, 5.41) is 7.02. The van der Waals surface area contributed by atoms with Crippen molar-refractivity contribution in [2.45, 2.75) is 13.8 Å². The van der Waals surface area contributed by atoms with Gasteiger partial charge in [-0.25, -0.2) is 15.0 Å². The molecule has 1 aromatic carbocycles. The molecule has 0 aliphatic heterocycles. The van der Waals surface area contributed by atoms with Crippen LogP contribution in [-0.2, 0) is 9.63 Å². The van der Waals surface area contributed by atoms with E-state index in [9.17, 15) is 9.59 Å². The number of carbonyl (C=O) groups is 2. The maximum atomic E-state index is 11.7. The number of amides is 3. The standard InChI is InChI=1S/C14H17N5O3/c1-9-7-10(2)19(17-9)12-6-4-3-5-11(12)16-14(21)18-22-8-13(15)20/h3-7H,8H2,1-2H3,(H2,15,20)(H2,16,18,21). The fourth-order valence-electron chi connectivity index (χ4n) is 1.96. The van der Waals surface area contributed by atoms with Crippen molar-refractivity contribution >= 4 is 17.6 Å². The van der Waals surface area contributed by atoms with Crippen molar-refractivity contribution in [2.75, 3.05) is 11.9 Å². The molecule has 0 radical (unpaired) electrons. The van der Waals surface area contributed by atoms with Crippen LogP contribution < -0.4 is 16.5 Å². The van der Waals surface area contributed by atoms with Crippen molar-refractivity contribution in [3.63, 3.8) is 0 Å². The number of benzene rings is 1. The van der Waals surface area contributed by atoms with Gasteiger partial charge in [-0.15, -0.1) is 0 Å². The van der Waals surface area contributed by atoms with Gasteiger partial charge in [0.25, 0.3) is 0 Å². The Morgan fingerprint density at radius 2 is 2.05 bits per heavy atom. The molecule has 2 rings (SSSR count). The van der Waals surface area contributed by atoms with Crippen LogP contribution in [-0.4, -0.2) is 28.3 Å². The van der Waals surface area contributed by atoms with E-state index in [0.29, 0.717) is 5.69 Å². The molecular weight excluding hydrogens is 286 g/mol. The van der Waals surface area contributed by atoms with Crippen LogP contribution in [0.15, 0.2) is 30.3 Å². The van der Waals surface area contributed by atoms with E-state index >= 15 is 0 Å². The average molecular weight is 303 g/mol. The van der Waals surface area contributed by atoms with Gasteiger partial charge >= 0.3 is 6.03 Å². The van der Waals surface area contributed by atoms with Crippen LogP contribution in [0.2, 0.25) is 0 Å². The molecule has 0 aliphatic rings. The van der Waals surface area contributed by atoms with E-state index in [-0.39, 0.29) is 0 Å². The number of hydroxylamine groups is 1. The second-order valence-corrected chi connectivity index (χ2v) is 4.67. The highest BCUT2D eigenvalue weighted by molar-refractivity contribution is 5.91. The van der Waals surface area contributed by atoms with E-state index in [1.807, 2.05) is 32.0 Å². The largest absolute Gasteiger partial charge is 0.368 e. The molecule has 116 valence electrons. The molecule has 0 fully saturated rings. The number of rotatable bonds is 5. The van der Waals surface area contributed by atoms with Gasteiger partial charge in [0.1, 0.15) is 0 Å². The molecular formula is C14H17N5O3. The smallest absolute Gasteiger partial charge is 0.343 e. The lowest BCUT2D eigenvalue weighted by atomic mass is 10.2. The molecule has 1 heterocycles. The molecule has 0 atom stereocenters. The first kappa shape index (κ1) is 15.5. The third-order valence-electron chi connectivity index (χ3n) is 2.77. The monoisotopic (exact) mass is 303 g/mol. The number of hydrogen-bond donors (Lipinski definition) is 3. The van der Waals surface area contributed by atoms with Crippen molar-refractivity contribution in [3.05, 3.63) is 41.7 Å². The van der Waals surface area contributed by atoms with Crippen molar-refractivity contribution in [2.24, 2.45) is 5.73 Å². The third kappa shape index (κ3) is 3.83. The number of urea groups is 1. The Balaban J connectivity index is 2.14. The number of nitrogens with two attached hydrogens (primary N) is 1. The zero-order valence-corrected chi connectivity index (χ0v) is 12.3. The van der Waals surface area contributed by atoms with Gasteiger partial charge in [-0.05, 0) is 32.0 Å². The quantitative estimate of drug-likeness (QED) is 0.716. The summed E-state index contributed by atoms with van der Waals surface area (Å²) in [7, 11) is 0. The lowest BCUT2D eigenvalue weighted by Crippen LogP contribution is -2.32. The first-order chi connectivity index (χ1) is 10.5. The SMILES string of the molecule is Cc1cc(C)n(-c2ccccc2NC(=O)NOCC(N)=O)n1. The Morgan fingerprint density at radius 1 is 1.32 bits per heavy atom. The molecule has 4 N–H and O–H groups in total. The Hall–Kier alpha value is -2.87. The third-order valence-corrected chi connectivity index (χ3v) is 2.77. The molecule has 8 nitrogen and oxygen atoms in total. The molecule has 0 saturated heterocycles. The predicted molar refractivity (Wildman–Crippen MR) is 80.3 cm³/mol. The van der Waals surface area contributed by atoms with Gasteiger partial charge in [-0.1, -0.05) is 12.1 Å². The zero-order chi connectivity index (χ0) is 16.1. The highest BCUT2D eigenvalue weighted by Crippen LogP contribution is 2.21. The second-order valence-electron chi connectivity index (χ2n) is 4.67. The summed E-state index contributed by atoms with van der Waals surface area (Å²) in [6.07, 6.45) is 0. The minimum atomic E-state index is -0.677. The second kappa shape index (κ2) is 6.72. The lowest BCUT2D eigenvalue weighted by molar-refractivity contribution is -0.124. The van der Waals surface area contributed by atoms with Crippen LogP contribution in [0.5, 0.6) is 0 Å². The van der Waals surface area contributed by atoms with Crippen LogP contribution in [0.3, 0.4) is 0 Å². The fourth-order valence-corrected chi connectivity index (χ4v) is 1.96. The van der Waals surface area contributed by atoms with E-state index in [1.54, 1.807) is 16.8 Å². The number of primary amides is 1.